The highest BCUT2D eigenvalue weighted by Gasteiger charge is 2.38. The Balaban J connectivity index is 2.19. The monoisotopic (exact) mass is 436 g/mol. The van der Waals surface area contributed by atoms with Gasteiger partial charge in [-0.2, -0.15) is 0 Å². The first kappa shape index (κ1) is 24.3. The molecule has 1 aromatic rings. The largest absolute Gasteiger partial charge is 0.480 e. The number of carboxylic acids is 1. The van der Waals surface area contributed by atoms with Crippen LogP contribution in [0.3, 0.4) is 0 Å². The molecular formula is C20H32N6O5. The van der Waals surface area contributed by atoms with E-state index in [1.807, 2.05) is 13.8 Å². The molecule has 1 saturated heterocycles. The summed E-state index contributed by atoms with van der Waals surface area (Å²) in [6, 6.07) is -3.58. The van der Waals surface area contributed by atoms with Gasteiger partial charge in [0.1, 0.15) is 18.1 Å². The highest BCUT2D eigenvalue weighted by molar-refractivity contribution is 5.94. The Kier molecular flexibility index (Phi) is 8.55. The molecule has 0 saturated carbocycles. The number of nitrogens with two attached hydrogens (primary N) is 1. The number of nitrogens with one attached hydrogen (secondary N) is 3. The van der Waals surface area contributed by atoms with Gasteiger partial charge in [-0.1, -0.05) is 13.8 Å². The number of rotatable bonds is 10. The number of imidazole rings is 1. The zero-order valence-corrected chi connectivity index (χ0v) is 18.1. The van der Waals surface area contributed by atoms with Gasteiger partial charge in [-0.3, -0.25) is 14.4 Å². The maximum absolute atomic E-state index is 13.1. The Bertz CT molecular complexity index is 779. The third kappa shape index (κ3) is 6.78. The van der Waals surface area contributed by atoms with Crippen molar-refractivity contribution in [1.82, 2.24) is 25.5 Å². The topological polar surface area (TPSA) is 171 Å². The molecule has 31 heavy (non-hydrogen) atoms. The third-order valence-corrected chi connectivity index (χ3v) is 5.17. The van der Waals surface area contributed by atoms with Crippen molar-refractivity contribution >= 4 is 23.7 Å². The fraction of sp³-hybridized carbons (Fsp3) is 0.650. The van der Waals surface area contributed by atoms with Crippen LogP contribution in [0, 0.1) is 5.92 Å². The van der Waals surface area contributed by atoms with Crippen LogP contribution in [0.5, 0.6) is 0 Å². The van der Waals surface area contributed by atoms with E-state index >= 15 is 0 Å². The zero-order valence-electron chi connectivity index (χ0n) is 18.1. The first-order valence-electron chi connectivity index (χ1n) is 10.5. The molecule has 11 heteroatoms. The molecule has 4 unspecified atom stereocenters. The number of aromatic nitrogens is 2. The number of carbonyl (C=O) groups is 4. The minimum absolute atomic E-state index is 0.0739. The molecule has 0 spiro atoms. The summed E-state index contributed by atoms with van der Waals surface area (Å²) in [5.41, 5.74) is 6.25. The van der Waals surface area contributed by atoms with Crippen LogP contribution in [-0.4, -0.2) is 74.4 Å². The van der Waals surface area contributed by atoms with Crippen molar-refractivity contribution in [3.05, 3.63) is 18.2 Å². The van der Waals surface area contributed by atoms with E-state index in [4.69, 9.17) is 5.73 Å². The maximum Gasteiger partial charge on any atom is 0.326 e. The van der Waals surface area contributed by atoms with Gasteiger partial charge in [-0.15, -0.1) is 0 Å². The van der Waals surface area contributed by atoms with Crippen LogP contribution in [0.1, 0.15) is 45.7 Å². The number of H-pyrrole nitrogens is 1. The number of hydrogen-bond acceptors (Lipinski definition) is 6. The van der Waals surface area contributed by atoms with E-state index in [9.17, 15) is 24.3 Å². The van der Waals surface area contributed by atoms with Crippen LogP contribution >= 0.6 is 0 Å². The normalized spacial score (nSPS) is 19.0. The number of nitrogens with zero attached hydrogens (tertiary/aromatic N) is 2. The molecule has 0 radical (unpaired) electrons. The number of likely N-dealkylation sites (tertiary alicyclic amines) is 1. The molecule has 1 aliphatic heterocycles. The van der Waals surface area contributed by atoms with Crippen LogP contribution < -0.4 is 16.4 Å². The van der Waals surface area contributed by atoms with Crippen molar-refractivity contribution in [2.45, 2.75) is 70.6 Å². The van der Waals surface area contributed by atoms with Gasteiger partial charge in [0.2, 0.25) is 17.7 Å². The summed E-state index contributed by atoms with van der Waals surface area (Å²) >= 11 is 0. The summed E-state index contributed by atoms with van der Waals surface area (Å²) in [4.78, 5) is 57.9. The number of carbonyl (C=O) groups excluding carboxylic acids is 3. The van der Waals surface area contributed by atoms with Crippen LogP contribution in [0.15, 0.2) is 12.5 Å². The second-order valence-corrected chi connectivity index (χ2v) is 8.35. The van der Waals surface area contributed by atoms with E-state index in [1.54, 1.807) is 0 Å². The number of aliphatic carboxylic acids is 1. The van der Waals surface area contributed by atoms with E-state index in [2.05, 4.69) is 20.6 Å². The number of carboxylic acid groups (broad SMARTS) is 1. The van der Waals surface area contributed by atoms with Gasteiger partial charge in [-0.25, -0.2) is 9.78 Å². The van der Waals surface area contributed by atoms with Crippen molar-refractivity contribution in [3.63, 3.8) is 0 Å². The van der Waals surface area contributed by atoms with E-state index in [1.165, 1.54) is 24.3 Å². The van der Waals surface area contributed by atoms with Crippen molar-refractivity contribution in [3.8, 4) is 0 Å². The minimum atomic E-state index is -1.05. The average molecular weight is 437 g/mol. The molecule has 1 fully saturated rings. The van der Waals surface area contributed by atoms with Gasteiger partial charge in [0.05, 0.1) is 12.4 Å². The molecule has 6 N–H and O–H groups in total. The summed E-state index contributed by atoms with van der Waals surface area (Å²) in [6.07, 6.45) is 4.45. The highest BCUT2D eigenvalue weighted by Crippen LogP contribution is 2.20. The fourth-order valence-electron chi connectivity index (χ4n) is 3.58. The second kappa shape index (κ2) is 10.9. The Morgan fingerprint density at radius 2 is 1.90 bits per heavy atom. The van der Waals surface area contributed by atoms with Crippen LogP contribution in [0.4, 0.5) is 0 Å². The maximum atomic E-state index is 13.1. The van der Waals surface area contributed by atoms with Crippen molar-refractivity contribution < 1.29 is 24.3 Å². The van der Waals surface area contributed by atoms with Gasteiger partial charge in [0, 0.05) is 24.9 Å². The summed E-state index contributed by atoms with van der Waals surface area (Å²) in [5, 5.41) is 14.7. The summed E-state index contributed by atoms with van der Waals surface area (Å²) in [6.45, 7) is 5.65. The van der Waals surface area contributed by atoms with Crippen LogP contribution in [0.2, 0.25) is 0 Å². The highest BCUT2D eigenvalue weighted by atomic mass is 16.4. The molecule has 0 aliphatic carbocycles. The van der Waals surface area contributed by atoms with Gasteiger partial charge in [0.15, 0.2) is 0 Å². The molecule has 2 heterocycles. The number of amides is 3. The van der Waals surface area contributed by atoms with Crippen LogP contribution in [-0.2, 0) is 25.6 Å². The van der Waals surface area contributed by atoms with Crippen molar-refractivity contribution in [2.24, 2.45) is 11.7 Å². The molecular weight excluding hydrogens is 404 g/mol. The van der Waals surface area contributed by atoms with E-state index < -0.39 is 47.9 Å². The predicted molar refractivity (Wildman–Crippen MR) is 112 cm³/mol. The predicted octanol–water partition coefficient (Wildman–Crippen LogP) is -0.609. The van der Waals surface area contributed by atoms with Crippen molar-refractivity contribution in [2.75, 3.05) is 6.54 Å². The first-order chi connectivity index (χ1) is 14.6. The minimum Gasteiger partial charge on any atom is -0.480 e. The molecule has 1 aromatic heterocycles. The standard InChI is InChI=1S/C20H32N6O5/c1-11(2)7-15(19(29)26-6-4-5-16(26)20(30)31)25-18(28)14(24-17(27)12(3)21)8-13-9-22-10-23-13/h9-12,14-16H,4-8,21H2,1-3H3,(H,22,23)(H,24,27)(H,25,28)(H,30,31). The zero-order chi connectivity index (χ0) is 23.1. The van der Waals surface area contributed by atoms with Crippen molar-refractivity contribution in [1.29, 1.82) is 0 Å². The quantitative estimate of drug-likeness (QED) is 0.326. The molecule has 2 rings (SSSR count). The lowest BCUT2D eigenvalue weighted by Crippen LogP contribution is -2.57. The summed E-state index contributed by atoms with van der Waals surface area (Å²) < 4.78 is 0. The van der Waals surface area contributed by atoms with Gasteiger partial charge in [-0.05, 0) is 32.1 Å². The Morgan fingerprint density at radius 3 is 2.45 bits per heavy atom. The molecule has 11 nitrogen and oxygen atoms in total. The Hall–Kier alpha value is -2.95. The van der Waals surface area contributed by atoms with E-state index in [0.29, 0.717) is 31.5 Å². The molecule has 0 bridgehead atoms. The van der Waals surface area contributed by atoms with Gasteiger partial charge < -0.3 is 31.4 Å². The lowest BCUT2D eigenvalue weighted by atomic mass is 10.0. The summed E-state index contributed by atoms with van der Waals surface area (Å²) in [7, 11) is 0. The first-order valence-corrected chi connectivity index (χ1v) is 10.5. The van der Waals surface area contributed by atoms with Gasteiger partial charge >= 0.3 is 5.97 Å². The smallest absolute Gasteiger partial charge is 0.326 e. The number of aromatic amines is 1. The van der Waals surface area contributed by atoms with Crippen LogP contribution in [0.25, 0.3) is 0 Å². The fourth-order valence-corrected chi connectivity index (χ4v) is 3.58. The SMILES string of the molecule is CC(C)CC(NC(=O)C(Cc1cnc[nH]1)NC(=O)C(C)N)C(=O)N1CCCC1C(=O)O. The molecule has 1 aliphatic rings. The number of hydrogen-bond donors (Lipinski definition) is 5. The molecule has 4 atom stereocenters. The molecule has 3 amide bonds. The lowest BCUT2D eigenvalue weighted by molar-refractivity contribution is -0.149. The second-order valence-electron chi connectivity index (χ2n) is 8.35. The van der Waals surface area contributed by atoms with E-state index in [-0.39, 0.29) is 12.3 Å². The van der Waals surface area contributed by atoms with E-state index in [0.717, 1.165) is 0 Å². The molecule has 172 valence electrons. The third-order valence-electron chi connectivity index (χ3n) is 5.17. The molecule has 0 aromatic carbocycles. The average Bonchev–Trinajstić information content (AvgIpc) is 3.37. The lowest BCUT2D eigenvalue weighted by Gasteiger charge is -2.29. The summed E-state index contributed by atoms with van der Waals surface area (Å²) in [5.74, 6) is -2.46. The Labute approximate surface area is 181 Å². The Morgan fingerprint density at radius 1 is 1.23 bits per heavy atom. The van der Waals surface area contributed by atoms with Gasteiger partial charge in [0.25, 0.3) is 0 Å².